The van der Waals surface area contributed by atoms with Crippen LogP contribution in [-0.2, 0) is 16.0 Å². The number of alkyl carbamates (subject to hydrolysis) is 1. The lowest BCUT2D eigenvalue weighted by molar-refractivity contribution is -0.118. The Morgan fingerprint density at radius 2 is 1.70 bits per heavy atom. The summed E-state index contributed by atoms with van der Waals surface area (Å²) >= 11 is 0. The smallest absolute Gasteiger partial charge is 0.408 e. The molecule has 2 aromatic carbocycles. The first-order chi connectivity index (χ1) is 15.7. The van der Waals surface area contributed by atoms with Crippen LogP contribution in [0.4, 0.5) is 10.5 Å². The molecule has 0 bridgehead atoms. The lowest BCUT2D eigenvalue weighted by Crippen LogP contribution is -2.47. The Labute approximate surface area is 193 Å². The minimum absolute atomic E-state index is 0.234. The molecule has 0 aliphatic carbocycles. The number of rotatable bonds is 7. The van der Waals surface area contributed by atoms with Gasteiger partial charge in [-0.25, -0.2) is 14.8 Å². The molecule has 0 fully saturated rings. The molecule has 0 aliphatic rings. The van der Waals surface area contributed by atoms with Crippen molar-refractivity contribution in [3.8, 4) is 11.8 Å². The standard InChI is InChI=1S/C25H28N4O4/c1-17-15-19(32-23-26-13-8-14-27-23)11-12-20(17)28-22(30)21(16-18-9-6-5-7-10-18)29-24(31)33-25(2,3)4/h5-15,21H,16H2,1-4H3,(H,28,30)(H,29,31). The molecule has 0 saturated heterocycles. The highest BCUT2D eigenvalue weighted by atomic mass is 16.6. The highest BCUT2D eigenvalue weighted by Gasteiger charge is 2.25. The molecule has 0 aliphatic heterocycles. The van der Waals surface area contributed by atoms with Crippen molar-refractivity contribution in [2.24, 2.45) is 0 Å². The van der Waals surface area contributed by atoms with E-state index < -0.39 is 17.7 Å². The Morgan fingerprint density at radius 1 is 1.00 bits per heavy atom. The molecular weight excluding hydrogens is 420 g/mol. The highest BCUT2D eigenvalue weighted by molar-refractivity contribution is 5.97. The van der Waals surface area contributed by atoms with Crippen molar-refractivity contribution in [3.05, 3.63) is 78.1 Å². The van der Waals surface area contributed by atoms with E-state index in [4.69, 9.17) is 9.47 Å². The van der Waals surface area contributed by atoms with Gasteiger partial charge in [-0.2, -0.15) is 0 Å². The van der Waals surface area contributed by atoms with Crippen LogP contribution in [-0.4, -0.2) is 33.6 Å². The van der Waals surface area contributed by atoms with Gasteiger partial charge in [0.2, 0.25) is 5.91 Å². The van der Waals surface area contributed by atoms with Crippen molar-refractivity contribution in [1.29, 1.82) is 0 Å². The van der Waals surface area contributed by atoms with Crippen molar-refractivity contribution in [1.82, 2.24) is 15.3 Å². The summed E-state index contributed by atoms with van der Waals surface area (Å²) in [4.78, 5) is 33.5. The molecule has 1 aromatic heterocycles. The van der Waals surface area contributed by atoms with Gasteiger partial charge < -0.3 is 20.1 Å². The minimum Gasteiger partial charge on any atom is -0.444 e. The molecule has 1 unspecified atom stereocenters. The summed E-state index contributed by atoms with van der Waals surface area (Å²) in [7, 11) is 0. The van der Waals surface area contributed by atoms with Crippen molar-refractivity contribution in [3.63, 3.8) is 0 Å². The number of carbonyl (C=O) groups is 2. The first-order valence-electron chi connectivity index (χ1n) is 10.6. The number of benzene rings is 2. The lowest BCUT2D eigenvalue weighted by Gasteiger charge is -2.23. The summed E-state index contributed by atoms with van der Waals surface area (Å²) in [6, 6.07) is 15.8. The number of hydrogen-bond donors (Lipinski definition) is 2. The van der Waals surface area contributed by atoms with E-state index in [1.54, 1.807) is 57.4 Å². The van der Waals surface area contributed by atoms with Gasteiger partial charge in [0, 0.05) is 24.5 Å². The fraction of sp³-hybridized carbons (Fsp3) is 0.280. The SMILES string of the molecule is Cc1cc(Oc2ncccn2)ccc1NC(=O)C(Cc1ccccc1)NC(=O)OC(C)(C)C. The summed E-state index contributed by atoms with van der Waals surface area (Å²) in [5.41, 5.74) is 1.63. The van der Waals surface area contributed by atoms with Crippen molar-refractivity contribution < 1.29 is 19.1 Å². The monoisotopic (exact) mass is 448 g/mol. The molecule has 2 amide bonds. The Morgan fingerprint density at radius 3 is 2.33 bits per heavy atom. The summed E-state index contributed by atoms with van der Waals surface area (Å²) in [6.07, 6.45) is 2.85. The maximum Gasteiger partial charge on any atom is 0.408 e. The van der Waals surface area contributed by atoms with Gasteiger partial charge in [0.15, 0.2) is 0 Å². The molecule has 1 heterocycles. The Bertz CT molecular complexity index is 1080. The van der Waals surface area contributed by atoms with E-state index in [1.165, 1.54) is 0 Å². The van der Waals surface area contributed by atoms with Gasteiger partial charge in [-0.1, -0.05) is 30.3 Å². The number of amides is 2. The fourth-order valence-corrected chi connectivity index (χ4v) is 3.01. The second-order valence-corrected chi connectivity index (χ2v) is 8.49. The molecule has 2 N–H and O–H groups in total. The Kier molecular flexibility index (Phi) is 7.61. The summed E-state index contributed by atoms with van der Waals surface area (Å²) in [6.45, 7) is 7.16. The van der Waals surface area contributed by atoms with E-state index in [0.29, 0.717) is 17.9 Å². The Balaban J connectivity index is 1.72. The first-order valence-corrected chi connectivity index (χ1v) is 10.6. The van der Waals surface area contributed by atoms with Crippen LogP contribution < -0.4 is 15.4 Å². The van der Waals surface area contributed by atoms with Crippen LogP contribution in [0, 0.1) is 6.92 Å². The van der Waals surface area contributed by atoms with Gasteiger partial charge >= 0.3 is 12.1 Å². The number of anilines is 1. The molecule has 33 heavy (non-hydrogen) atoms. The van der Waals surface area contributed by atoms with E-state index in [0.717, 1.165) is 11.1 Å². The van der Waals surface area contributed by atoms with Crippen LogP contribution in [0.1, 0.15) is 31.9 Å². The highest BCUT2D eigenvalue weighted by Crippen LogP contribution is 2.24. The van der Waals surface area contributed by atoms with Crippen LogP contribution in [0.3, 0.4) is 0 Å². The third kappa shape index (κ3) is 7.60. The average molecular weight is 449 g/mol. The van der Waals surface area contributed by atoms with Gasteiger partial charge in [-0.15, -0.1) is 0 Å². The molecular formula is C25H28N4O4. The van der Waals surface area contributed by atoms with E-state index >= 15 is 0 Å². The van der Waals surface area contributed by atoms with Gasteiger partial charge in [0.1, 0.15) is 17.4 Å². The number of carbonyl (C=O) groups excluding carboxylic acids is 2. The number of ether oxygens (including phenoxy) is 2. The van der Waals surface area contributed by atoms with Gasteiger partial charge in [-0.3, -0.25) is 4.79 Å². The predicted octanol–water partition coefficient (Wildman–Crippen LogP) is 4.65. The zero-order chi connectivity index (χ0) is 23.8. The third-order valence-corrected chi connectivity index (χ3v) is 4.50. The molecule has 172 valence electrons. The molecule has 3 rings (SSSR count). The van der Waals surface area contributed by atoms with E-state index in [-0.39, 0.29) is 11.9 Å². The third-order valence-electron chi connectivity index (χ3n) is 4.50. The predicted molar refractivity (Wildman–Crippen MR) is 125 cm³/mol. The average Bonchev–Trinajstić information content (AvgIpc) is 2.75. The fourth-order valence-electron chi connectivity index (χ4n) is 3.01. The number of aryl methyl sites for hydroxylation is 1. The zero-order valence-corrected chi connectivity index (χ0v) is 19.2. The molecule has 0 spiro atoms. The van der Waals surface area contributed by atoms with Crippen LogP contribution in [0.5, 0.6) is 11.8 Å². The maximum atomic E-state index is 13.1. The summed E-state index contributed by atoms with van der Waals surface area (Å²) < 4.78 is 11.0. The second kappa shape index (κ2) is 10.6. The van der Waals surface area contributed by atoms with Crippen LogP contribution in [0.2, 0.25) is 0 Å². The second-order valence-electron chi connectivity index (χ2n) is 8.49. The van der Waals surface area contributed by atoms with Crippen molar-refractivity contribution in [2.45, 2.75) is 45.8 Å². The van der Waals surface area contributed by atoms with Crippen LogP contribution >= 0.6 is 0 Å². The maximum absolute atomic E-state index is 13.1. The minimum atomic E-state index is -0.824. The van der Waals surface area contributed by atoms with Gasteiger partial charge in [0.05, 0.1) is 0 Å². The molecule has 1 atom stereocenters. The molecule has 0 radical (unpaired) electrons. The lowest BCUT2D eigenvalue weighted by atomic mass is 10.0. The first kappa shape index (κ1) is 23.7. The number of aromatic nitrogens is 2. The Hall–Kier alpha value is -3.94. The summed E-state index contributed by atoms with van der Waals surface area (Å²) in [5, 5.41) is 5.58. The normalized spacial score (nSPS) is 11.9. The van der Waals surface area contributed by atoms with Crippen molar-refractivity contribution >= 4 is 17.7 Å². The topological polar surface area (TPSA) is 102 Å². The van der Waals surface area contributed by atoms with Gasteiger partial charge in [-0.05, 0) is 63.1 Å². The van der Waals surface area contributed by atoms with E-state index in [2.05, 4.69) is 20.6 Å². The van der Waals surface area contributed by atoms with Crippen molar-refractivity contribution in [2.75, 3.05) is 5.32 Å². The van der Waals surface area contributed by atoms with E-state index in [1.807, 2.05) is 37.3 Å². The molecule has 0 saturated carbocycles. The van der Waals surface area contributed by atoms with Crippen LogP contribution in [0.15, 0.2) is 67.0 Å². The number of nitrogens with zero attached hydrogens (tertiary/aromatic N) is 2. The summed E-state index contributed by atoms with van der Waals surface area (Å²) in [5.74, 6) is 0.192. The molecule has 8 heteroatoms. The van der Waals surface area contributed by atoms with Crippen LogP contribution in [0.25, 0.3) is 0 Å². The number of nitrogens with one attached hydrogen (secondary N) is 2. The number of hydrogen-bond acceptors (Lipinski definition) is 6. The van der Waals surface area contributed by atoms with E-state index in [9.17, 15) is 9.59 Å². The zero-order valence-electron chi connectivity index (χ0n) is 19.2. The van der Waals surface area contributed by atoms with Gasteiger partial charge in [0.25, 0.3) is 0 Å². The molecule has 8 nitrogen and oxygen atoms in total. The quantitative estimate of drug-likeness (QED) is 0.545. The molecule has 3 aromatic rings. The largest absolute Gasteiger partial charge is 0.444 e.